The first-order chi connectivity index (χ1) is 9.51. The number of methoxy groups -OCH3 is 1. The van der Waals surface area contributed by atoms with E-state index in [4.69, 9.17) is 4.74 Å². The Morgan fingerprint density at radius 3 is 2.55 bits per heavy atom. The Labute approximate surface area is 133 Å². The van der Waals surface area contributed by atoms with Gasteiger partial charge in [-0.3, -0.25) is 0 Å². The minimum atomic E-state index is -0.802. The van der Waals surface area contributed by atoms with Crippen molar-refractivity contribution < 1.29 is 14.2 Å². The van der Waals surface area contributed by atoms with Gasteiger partial charge in [-0.2, -0.15) is 0 Å². The molecule has 0 amide bonds. The number of hydrogen-bond donors (Lipinski definition) is 1. The average Bonchev–Trinajstić information content (AvgIpc) is 2.43. The molecule has 0 saturated carbocycles. The Morgan fingerprint density at radius 1 is 1.15 bits per heavy atom. The molecule has 1 atom stereocenters. The lowest BCUT2D eigenvalue weighted by Crippen LogP contribution is -2.04. The number of aliphatic hydroxyl groups is 1. The van der Waals surface area contributed by atoms with Gasteiger partial charge in [0.25, 0.3) is 0 Å². The Morgan fingerprint density at radius 2 is 1.85 bits per heavy atom. The van der Waals surface area contributed by atoms with Crippen LogP contribution < -0.4 is 4.74 Å². The Balaban J connectivity index is 2.27. The predicted molar refractivity (Wildman–Crippen MR) is 83.5 cm³/mol. The van der Waals surface area contributed by atoms with Crippen molar-refractivity contribution in [1.29, 1.82) is 0 Å². The second kappa shape index (κ2) is 6.70. The third-order valence-corrected chi connectivity index (χ3v) is 4.48. The van der Waals surface area contributed by atoms with Crippen LogP contribution in [0.5, 0.6) is 5.75 Å². The van der Waals surface area contributed by atoms with Crippen molar-refractivity contribution in [3.8, 4) is 5.75 Å². The maximum atomic E-state index is 13.3. The van der Waals surface area contributed by atoms with E-state index >= 15 is 0 Å². The lowest BCUT2D eigenvalue weighted by Gasteiger charge is -2.15. The van der Waals surface area contributed by atoms with Gasteiger partial charge in [0.05, 0.1) is 13.2 Å². The molecule has 0 heterocycles. The van der Waals surface area contributed by atoms with Crippen LogP contribution in [0, 0.1) is 5.82 Å². The second-order valence-corrected chi connectivity index (χ2v) is 6.05. The number of ether oxygens (including phenoxy) is 1. The molecule has 0 aliphatic carbocycles. The van der Waals surface area contributed by atoms with Gasteiger partial charge in [0.1, 0.15) is 11.6 Å². The van der Waals surface area contributed by atoms with Crippen LogP contribution in [0.2, 0.25) is 0 Å². The monoisotopic (exact) mass is 402 g/mol. The fraction of sp³-hybridized carbons (Fsp3) is 0.200. The molecule has 2 rings (SSSR count). The van der Waals surface area contributed by atoms with Crippen LogP contribution in [0.3, 0.4) is 0 Å². The highest BCUT2D eigenvalue weighted by Crippen LogP contribution is 2.30. The third-order valence-electron chi connectivity index (χ3n) is 2.98. The van der Waals surface area contributed by atoms with Gasteiger partial charge in [-0.15, -0.1) is 0 Å². The van der Waals surface area contributed by atoms with Gasteiger partial charge in [0, 0.05) is 15.4 Å². The molecule has 0 aliphatic rings. The van der Waals surface area contributed by atoms with E-state index in [-0.39, 0.29) is 5.82 Å². The zero-order valence-corrected chi connectivity index (χ0v) is 13.9. The maximum Gasteiger partial charge on any atom is 0.123 e. The molecule has 2 nitrogen and oxygen atoms in total. The first kappa shape index (κ1) is 15.5. The fourth-order valence-corrected chi connectivity index (χ4v) is 2.84. The molecule has 0 radical (unpaired) electrons. The molecule has 5 heteroatoms. The van der Waals surface area contributed by atoms with Crippen molar-refractivity contribution in [3.63, 3.8) is 0 Å². The van der Waals surface area contributed by atoms with E-state index in [1.54, 1.807) is 13.2 Å². The highest BCUT2D eigenvalue weighted by molar-refractivity contribution is 9.10. The number of rotatable bonds is 4. The Kier molecular flexibility index (Phi) is 5.18. The van der Waals surface area contributed by atoms with E-state index in [1.807, 2.05) is 18.2 Å². The SMILES string of the molecule is COc1ccc(Br)c(CC(O)c2cc(F)ccc2Br)c1. The van der Waals surface area contributed by atoms with E-state index in [0.717, 1.165) is 10.0 Å². The highest BCUT2D eigenvalue weighted by atomic mass is 79.9. The van der Waals surface area contributed by atoms with Crippen molar-refractivity contribution in [2.45, 2.75) is 12.5 Å². The van der Waals surface area contributed by atoms with Gasteiger partial charge >= 0.3 is 0 Å². The quantitative estimate of drug-likeness (QED) is 0.805. The Hall–Kier alpha value is -0.910. The van der Waals surface area contributed by atoms with E-state index in [1.165, 1.54) is 12.1 Å². The lowest BCUT2D eigenvalue weighted by molar-refractivity contribution is 0.177. The molecule has 0 spiro atoms. The van der Waals surface area contributed by atoms with Crippen molar-refractivity contribution in [2.75, 3.05) is 7.11 Å². The van der Waals surface area contributed by atoms with Crippen LogP contribution in [-0.4, -0.2) is 12.2 Å². The average molecular weight is 404 g/mol. The van der Waals surface area contributed by atoms with Crippen molar-refractivity contribution in [2.24, 2.45) is 0 Å². The topological polar surface area (TPSA) is 29.5 Å². The minimum Gasteiger partial charge on any atom is -0.497 e. The number of halogens is 3. The summed E-state index contributed by atoms with van der Waals surface area (Å²) in [5.41, 5.74) is 1.42. The molecule has 1 N–H and O–H groups in total. The number of hydrogen-bond acceptors (Lipinski definition) is 2. The lowest BCUT2D eigenvalue weighted by atomic mass is 10.0. The summed E-state index contributed by atoms with van der Waals surface area (Å²) in [6, 6.07) is 9.82. The van der Waals surface area contributed by atoms with Crippen molar-refractivity contribution in [3.05, 3.63) is 62.3 Å². The number of benzene rings is 2. The summed E-state index contributed by atoms with van der Waals surface area (Å²) in [6.07, 6.45) is -0.441. The molecule has 0 aliphatic heterocycles. The first-order valence-corrected chi connectivity index (χ1v) is 7.55. The highest BCUT2D eigenvalue weighted by Gasteiger charge is 2.15. The largest absolute Gasteiger partial charge is 0.497 e. The van der Waals surface area contributed by atoms with Gasteiger partial charge in [-0.05, 0) is 47.5 Å². The smallest absolute Gasteiger partial charge is 0.123 e. The normalized spacial score (nSPS) is 12.2. The summed E-state index contributed by atoms with van der Waals surface area (Å²) in [5.74, 6) is 0.348. The van der Waals surface area contributed by atoms with E-state index in [2.05, 4.69) is 31.9 Å². The standard InChI is InChI=1S/C15H13Br2FO2/c1-20-11-3-5-13(16)9(6-11)7-15(19)12-8-10(18)2-4-14(12)17/h2-6,8,15,19H,7H2,1H3. The van der Waals surface area contributed by atoms with Gasteiger partial charge in [-0.1, -0.05) is 31.9 Å². The molecule has 20 heavy (non-hydrogen) atoms. The van der Waals surface area contributed by atoms with Crippen LogP contribution in [0.4, 0.5) is 4.39 Å². The summed E-state index contributed by atoms with van der Waals surface area (Å²) in [7, 11) is 1.59. The van der Waals surface area contributed by atoms with Gasteiger partial charge in [0.2, 0.25) is 0 Å². The predicted octanol–water partition coefficient (Wildman–Crippen LogP) is 4.64. The molecule has 0 aromatic heterocycles. The summed E-state index contributed by atoms with van der Waals surface area (Å²) in [5, 5.41) is 10.3. The molecule has 0 fully saturated rings. The zero-order valence-electron chi connectivity index (χ0n) is 10.7. The zero-order chi connectivity index (χ0) is 14.7. The molecular weight excluding hydrogens is 391 g/mol. The number of aliphatic hydroxyl groups excluding tert-OH is 1. The van der Waals surface area contributed by atoms with Crippen LogP contribution >= 0.6 is 31.9 Å². The van der Waals surface area contributed by atoms with E-state index < -0.39 is 6.10 Å². The van der Waals surface area contributed by atoms with Gasteiger partial charge < -0.3 is 9.84 Å². The second-order valence-electron chi connectivity index (χ2n) is 4.34. The fourth-order valence-electron chi connectivity index (χ4n) is 1.92. The molecule has 2 aromatic carbocycles. The molecule has 106 valence electrons. The van der Waals surface area contributed by atoms with Crippen LogP contribution in [-0.2, 0) is 6.42 Å². The molecule has 2 aromatic rings. The Bertz CT molecular complexity index is 617. The molecule has 1 unspecified atom stereocenters. The molecule has 0 bridgehead atoms. The third kappa shape index (κ3) is 3.59. The van der Waals surface area contributed by atoms with Gasteiger partial charge in [-0.25, -0.2) is 4.39 Å². The van der Waals surface area contributed by atoms with Crippen LogP contribution in [0.15, 0.2) is 45.3 Å². The summed E-state index contributed by atoms with van der Waals surface area (Å²) < 4.78 is 20.0. The van der Waals surface area contributed by atoms with E-state index in [9.17, 15) is 9.50 Å². The first-order valence-electron chi connectivity index (χ1n) is 5.96. The van der Waals surface area contributed by atoms with Gasteiger partial charge in [0.15, 0.2) is 0 Å². The van der Waals surface area contributed by atoms with E-state index in [0.29, 0.717) is 22.2 Å². The maximum absolute atomic E-state index is 13.3. The minimum absolute atomic E-state index is 0.361. The summed E-state index contributed by atoms with van der Waals surface area (Å²) in [6.45, 7) is 0. The molecule has 0 saturated heterocycles. The summed E-state index contributed by atoms with van der Waals surface area (Å²) >= 11 is 6.77. The van der Waals surface area contributed by atoms with Crippen LogP contribution in [0.1, 0.15) is 17.2 Å². The summed E-state index contributed by atoms with van der Waals surface area (Å²) in [4.78, 5) is 0. The van der Waals surface area contributed by atoms with Crippen LogP contribution in [0.25, 0.3) is 0 Å². The molecular formula is C15H13Br2FO2. The van der Waals surface area contributed by atoms with Crippen molar-refractivity contribution >= 4 is 31.9 Å². The van der Waals surface area contributed by atoms with Crippen molar-refractivity contribution in [1.82, 2.24) is 0 Å².